The van der Waals surface area contributed by atoms with Crippen LogP contribution in [0, 0.1) is 0 Å². The van der Waals surface area contributed by atoms with Crippen molar-refractivity contribution in [1.29, 1.82) is 0 Å². The lowest BCUT2D eigenvalue weighted by atomic mass is 10.0. The number of benzene rings is 2. The summed E-state index contributed by atoms with van der Waals surface area (Å²) in [6.07, 6.45) is 1.98. The summed E-state index contributed by atoms with van der Waals surface area (Å²) in [5.41, 5.74) is 2.12. The van der Waals surface area contributed by atoms with E-state index in [4.69, 9.17) is 32.7 Å². The molecule has 0 saturated heterocycles. The molecule has 31 heavy (non-hydrogen) atoms. The second-order valence-electron chi connectivity index (χ2n) is 7.06. The van der Waals surface area contributed by atoms with Gasteiger partial charge in [0.25, 0.3) is 0 Å². The van der Waals surface area contributed by atoms with Crippen molar-refractivity contribution in [2.45, 2.75) is 39.0 Å². The van der Waals surface area contributed by atoms with E-state index in [1.54, 1.807) is 56.3 Å². The molecular weight excluding hydrogens is 441 g/mol. The van der Waals surface area contributed by atoms with Gasteiger partial charge < -0.3 is 19.9 Å². The minimum Gasteiger partial charge on any atom is -0.496 e. The molecule has 1 unspecified atom stereocenters. The van der Waals surface area contributed by atoms with Crippen LogP contribution in [0.5, 0.6) is 5.75 Å². The van der Waals surface area contributed by atoms with Gasteiger partial charge in [-0.15, -0.1) is 0 Å². The summed E-state index contributed by atoms with van der Waals surface area (Å²) in [7, 11) is 1.53. The number of methoxy groups -OCH3 is 1. The van der Waals surface area contributed by atoms with Gasteiger partial charge in [-0.05, 0) is 43.2 Å². The van der Waals surface area contributed by atoms with Gasteiger partial charge in [0.2, 0.25) is 5.91 Å². The van der Waals surface area contributed by atoms with Gasteiger partial charge in [-0.1, -0.05) is 47.5 Å². The van der Waals surface area contributed by atoms with Crippen LogP contribution in [0.3, 0.4) is 0 Å². The van der Waals surface area contributed by atoms with Crippen LogP contribution in [-0.2, 0) is 27.3 Å². The zero-order chi connectivity index (χ0) is 23.0. The van der Waals surface area contributed by atoms with E-state index < -0.39 is 12.1 Å². The van der Waals surface area contributed by atoms with Crippen molar-refractivity contribution >= 4 is 41.2 Å². The number of carbonyl (C=O) groups is 2. The van der Waals surface area contributed by atoms with Gasteiger partial charge >= 0.3 is 5.97 Å². The summed E-state index contributed by atoms with van der Waals surface area (Å²) < 4.78 is 10.8. The molecule has 0 aliphatic carbocycles. The number of rotatable bonds is 10. The molecule has 1 amide bonds. The van der Waals surface area contributed by atoms with Crippen LogP contribution in [0.2, 0.25) is 10.0 Å². The Morgan fingerprint density at radius 3 is 2.58 bits per heavy atom. The Kier molecular flexibility index (Phi) is 9.37. The van der Waals surface area contributed by atoms with E-state index in [2.05, 4.69) is 5.32 Å². The Morgan fingerprint density at radius 1 is 1.19 bits per heavy atom. The Bertz CT molecular complexity index is 959. The average molecular weight is 466 g/mol. The summed E-state index contributed by atoms with van der Waals surface area (Å²) in [6, 6.07) is 10.5. The van der Waals surface area contributed by atoms with Crippen LogP contribution in [-0.4, -0.2) is 36.3 Å². The topological polar surface area (TPSA) is 84.9 Å². The first-order chi connectivity index (χ1) is 14.7. The van der Waals surface area contributed by atoms with Gasteiger partial charge in [-0.25, -0.2) is 4.79 Å². The van der Waals surface area contributed by atoms with Crippen molar-refractivity contribution in [1.82, 2.24) is 5.32 Å². The van der Waals surface area contributed by atoms with Crippen molar-refractivity contribution < 1.29 is 24.2 Å². The molecule has 0 aromatic heterocycles. The van der Waals surface area contributed by atoms with Gasteiger partial charge in [-0.2, -0.15) is 0 Å². The molecule has 166 valence electrons. The van der Waals surface area contributed by atoms with Crippen LogP contribution in [0.1, 0.15) is 30.5 Å². The summed E-state index contributed by atoms with van der Waals surface area (Å²) in [4.78, 5) is 23.7. The largest absolute Gasteiger partial charge is 0.496 e. The molecule has 1 atom stereocenters. The van der Waals surface area contributed by atoms with Crippen molar-refractivity contribution in [3.05, 3.63) is 69.2 Å². The molecule has 2 rings (SSSR count). The quantitative estimate of drug-likeness (QED) is 0.494. The molecule has 0 saturated carbocycles. The van der Waals surface area contributed by atoms with E-state index in [1.165, 1.54) is 13.2 Å². The van der Waals surface area contributed by atoms with Crippen molar-refractivity contribution in [2.75, 3.05) is 7.11 Å². The minimum absolute atomic E-state index is 0.200. The number of nitrogens with one attached hydrogen (secondary N) is 1. The third-order valence-electron chi connectivity index (χ3n) is 4.33. The first-order valence-electron chi connectivity index (χ1n) is 9.65. The smallest absolute Gasteiger partial charge is 0.333 e. The van der Waals surface area contributed by atoms with Crippen LogP contribution < -0.4 is 10.1 Å². The molecule has 2 aromatic rings. The fourth-order valence-electron chi connectivity index (χ4n) is 2.89. The molecule has 0 fully saturated rings. The normalized spacial score (nSPS) is 12.2. The SMILES string of the molecule is COc1ccc(CC(OC(C)C)C(=O)O)cc1CNC(=O)/C=C/c1cccc(Cl)c1Cl. The van der Waals surface area contributed by atoms with E-state index in [0.717, 1.165) is 11.1 Å². The van der Waals surface area contributed by atoms with Gasteiger partial charge in [0, 0.05) is 24.6 Å². The van der Waals surface area contributed by atoms with Crippen LogP contribution in [0.4, 0.5) is 0 Å². The number of aliphatic carboxylic acids is 1. The number of carboxylic acids is 1. The first-order valence-corrected chi connectivity index (χ1v) is 10.4. The molecule has 0 heterocycles. The number of ether oxygens (including phenoxy) is 2. The van der Waals surface area contributed by atoms with E-state index >= 15 is 0 Å². The molecule has 0 bridgehead atoms. The number of carbonyl (C=O) groups excluding carboxylic acids is 1. The maximum absolute atomic E-state index is 12.2. The fourth-order valence-corrected chi connectivity index (χ4v) is 3.26. The summed E-state index contributed by atoms with van der Waals surface area (Å²) in [5.74, 6) is -0.762. The number of amides is 1. The van der Waals surface area contributed by atoms with Gasteiger partial charge in [-0.3, -0.25) is 4.79 Å². The minimum atomic E-state index is -1.02. The Labute approximate surface area is 191 Å². The van der Waals surface area contributed by atoms with Crippen LogP contribution >= 0.6 is 23.2 Å². The predicted octanol–water partition coefficient (Wildman–Crippen LogP) is 4.75. The fraction of sp³-hybridized carbons (Fsp3) is 0.304. The molecule has 8 heteroatoms. The maximum atomic E-state index is 12.2. The summed E-state index contributed by atoms with van der Waals surface area (Å²) in [5, 5.41) is 13.0. The molecular formula is C23H25Cl2NO5. The Balaban J connectivity index is 2.08. The van der Waals surface area contributed by atoms with Crippen LogP contribution in [0.15, 0.2) is 42.5 Å². The molecule has 0 aliphatic heterocycles. The first kappa shape index (κ1) is 24.7. The summed E-state index contributed by atoms with van der Waals surface area (Å²) in [6.45, 7) is 3.77. The number of halogens is 2. The molecule has 0 spiro atoms. The highest BCUT2D eigenvalue weighted by molar-refractivity contribution is 6.42. The summed E-state index contributed by atoms with van der Waals surface area (Å²) >= 11 is 12.1. The molecule has 2 N–H and O–H groups in total. The molecule has 0 radical (unpaired) electrons. The number of hydrogen-bond donors (Lipinski definition) is 2. The second-order valence-corrected chi connectivity index (χ2v) is 7.84. The third kappa shape index (κ3) is 7.58. The number of carboxylic acid groups (broad SMARTS) is 1. The van der Waals surface area contributed by atoms with Crippen LogP contribution in [0.25, 0.3) is 6.08 Å². The lowest BCUT2D eigenvalue weighted by Crippen LogP contribution is -2.29. The third-order valence-corrected chi connectivity index (χ3v) is 5.16. The van der Waals surface area contributed by atoms with Crippen molar-refractivity contribution in [2.24, 2.45) is 0 Å². The highest BCUT2D eigenvalue weighted by Gasteiger charge is 2.20. The van der Waals surface area contributed by atoms with Gasteiger partial charge in [0.1, 0.15) is 5.75 Å². The Morgan fingerprint density at radius 2 is 1.94 bits per heavy atom. The number of hydrogen-bond acceptors (Lipinski definition) is 4. The zero-order valence-electron chi connectivity index (χ0n) is 17.5. The van der Waals surface area contributed by atoms with E-state index in [1.807, 2.05) is 0 Å². The lowest BCUT2D eigenvalue weighted by Gasteiger charge is -2.17. The van der Waals surface area contributed by atoms with E-state index in [0.29, 0.717) is 21.4 Å². The molecule has 0 aliphatic rings. The molecule has 2 aromatic carbocycles. The van der Waals surface area contributed by atoms with Gasteiger partial charge in [0.15, 0.2) is 6.10 Å². The lowest BCUT2D eigenvalue weighted by molar-refractivity contribution is -0.153. The van der Waals surface area contributed by atoms with Crippen molar-refractivity contribution in [3.8, 4) is 5.75 Å². The van der Waals surface area contributed by atoms with E-state index in [-0.39, 0.29) is 25.0 Å². The average Bonchev–Trinajstić information content (AvgIpc) is 2.72. The van der Waals surface area contributed by atoms with Gasteiger partial charge in [0.05, 0.1) is 23.3 Å². The molecule has 6 nitrogen and oxygen atoms in total. The zero-order valence-corrected chi connectivity index (χ0v) is 19.0. The standard InChI is InChI=1S/C23H25Cl2NO5/c1-14(2)31-20(23(28)29)12-15-7-9-19(30-3)17(11-15)13-26-21(27)10-8-16-5-4-6-18(24)22(16)25/h4-11,14,20H,12-13H2,1-3H3,(H,26,27)(H,28,29)/b10-8+. The highest BCUT2D eigenvalue weighted by Crippen LogP contribution is 2.26. The van der Waals surface area contributed by atoms with E-state index in [9.17, 15) is 14.7 Å². The highest BCUT2D eigenvalue weighted by atomic mass is 35.5. The maximum Gasteiger partial charge on any atom is 0.333 e. The Hall–Kier alpha value is -2.54. The second kappa shape index (κ2) is 11.7. The predicted molar refractivity (Wildman–Crippen MR) is 122 cm³/mol. The van der Waals surface area contributed by atoms with Crippen molar-refractivity contribution in [3.63, 3.8) is 0 Å². The monoisotopic (exact) mass is 465 g/mol.